The lowest BCUT2D eigenvalue weighted by Crippen LogP contribution is -2.31. The minimum absolute atomic E-state index is 0.0232. The monoisotopic (exact) mass is 272 g/mol. The predicted molar refractivity (Wildman–Crippen MR) is 74.7 cm³/mol. The van der Waals surface area contributed by atoms with Gasteiger partial charge in [-0.15, -0.1) is 0 Å². The maximum Gasteiger partial charge on any atom is 0.303 e. The van der Waals surface area contributed by atoms with Crippen molar-refractivity contribution >= 4 is 18.0 Å². The summed E-state index contributed by atoms with van der Waals surface area (Å²) in [7, 11) is 0. The zero-order valence-corrected chi connectivity index (χ0v) is 11.2. The van der Waals surface area contributed by atoms with Crippen molar-refractivity contribution in [1.82, 2.24) is 5.32 Å². The molecule has 20 heavy (non-hydrogen) atoms. The first-order chi connectivity index (χ1) is 9.51. The highest BCUT2D eigenvalue weighted by molar-refractivity contribution is 5.91. The van der Waals surface area contributed by atoms with E-state index in [-0.39, 0.29) is 18.4 Å². The van der Waals surface area contributed by atoms with Crippen molar-refractivity contribution in [3.8, 4) is 6.07 Å². The molecule has 0 spiro atoms. The summed E-state index contributed by atoms with van der Waals surface area (Å²) in [5.41, 5.74) is 1.29. The highest BCUT2D eigenvalue weighted by Crippen LogP contribution is 2.06. The average molecular weight is 272 g/mol. The molecule has 0 bridgehead atoms. The number of hydrogen-bond donors (Lipinski definition) is 2. The number of nitrogens with zero attached hydrogens (tertiary/aromatic N) is 1. The highest BCUT2D eigenvalue weighted by Gasteiger charge is 2.06. The van der Waals surface area contributed by atoms with Crippen molar-refractivity contribution in [2.24, 2.45) is 0 Å². The second-order valence-electron chi connectivity index (χ2n) is 4.41. The number of carboxylic acid groups (broad SMARTS) is 1. The summed E-state index contributed by atoms with van der Waals surface area (Å²) >= 11 is 0. The van der Waals surface area contributed by atoms with Gasteiger partial charge in [-0.05, 0) is 37.1 Å². The minimum Gasteiger partial charge on any atom is -0.481 e. The number of carbonyl (C=O) groups is 2. The van der Waals surface area contributed by atoms with E-state index in [1.54, 1.807) is 37.3 Å². The van der Waals surface area contributed by atoms with Gasteiger partial charge in [-0.25, -0.2) is 0 Å². The smallest absolute Gasteiger partial charge is 0.303 e. The first kappa shape index (κ1) is 15.4. The molecule has 0 aliphatic rings. The lowest BCUT2D eigenvalue weighted by atomic mass is 10.1. The molecule has 1 unspecified atom stereocenters. The van der Waals surface area contributed by atoms with E-state index in [1.807, 2.05) is 6.07 Å². The van der Waals surface area contributed by atoms with Gasteiger partial charge in [0.1, 0.15) is 0 Å². The lowest BCUT2D eigenvalue weighted by molar-refractivity contribution is -0.137. The fourth-order valence-electron chi connectivity index (χ4n) is 1.59. The molecule has 2 N–H and O–H groups in total. The second-order valence-corrected chi connectivity index (χ2v) is 4.41. The first-order valence-electron chi connectivity index (χ1n) is 6.22. The largest absolute Gasteiger partial charge is 0.481 e. The molecule has 0 aliphatic heterocycles. The van der Waals surface area contributed by atoms with E-state index in [0.29, 0.717) is 12.0 Å². The van der Waals surface area contributed by atoms with E-state index < -0.39 is 5.97 Å². The number of hydrogen-bond acceptors (Lipinski definition) is 3. The van der Waals surface area contributed by atoms with E-state index in [4.69, 9.17) is 10.4 Å². The Morgan fingerprint density at radius 3 is 2.90 bits per heavy atom. The Bertz CT molecular complexity index is 558. The zero-order chi connectivity index (χ0) is 15.0. The van der Waals surface area contributed by atoms with E-state index >= 15 is 0 Å². The highest BCUT2D eigenvalue weighted by atomic mass is 16.4. The summed E-state index contributed by atoms with van der Waals surface area (Å²) in [6, 6.07) is 8.72. The average Bonchev–Trinajstić information content (AvgIpc) is 2.43. The number of amides is 1. The van der Waals surface area contributed by atoms with Crippen molar-refractivity contribution in [3.05, 3.63) is 41.5 Å². The summed E-state index contributed by atoms with van der Waals surface area (Å²) < 4.78 is 0. The summed E-state index contributed by atoms with van der Waals surface area (Å²) in [6.07, 6.45) is 3.39. The Morgan fingerprint density at radius 2 is 2.25 bits per heavy atom. The van der Waals surface area contributed by atoms with Crippen molar-refractivity contribution in [2.75, 3.05) is 0 Å². The van der Waals surface area contributed by atoms with Crippen LogP contribution < -0.4 is 5.32 Å². The molecular formula is C15H16N2O3. The van der Waals surface area contributed by atoms with Crippen LogP contribution in [0, 0.1) is 11.3 Å². The van der Waals surface area contributed by atoms with Gasteiger partial charge in [0.05, 0.1) is 11.6 Å². The maximum atomic E-state index is 11.6. The van der Waals surface area contributed by atoms with Gasteiger partial charge in [-0.2, -0.15) is 5.26 Å². The van der Waals surface area contributed by atoms with Crippen LogP contribution in [0.2, 0.25) is 0 Å². The van der Waals surface area contributed by atoms with E-state index in [0.717, 1.165) is 5.56 Å². The van der Waals surface area contributed by atoms with E-state index in [2.05, 4.69) is 5.32 Å². The van der Waals surface area contributed by atoms with Crippen molar-refractivity contribution in [3.63, 3.8) is 0 Å². The van der Waals surface area contributed by atoms with Crippen LogP contribution in [0.15, 0.2) is 30.3 Å². The van der Waals surface area contributed by atoms with Gasteiger partial charge < -0.3 is 10.4 Å². The van der Waals surface area contributed by atoms with E-state index in [9.17, 15) is 9.59 Å². The van der Waals surface area contributed by atoms with E-state index in [1.165, 1.54) is 6.08 Å². The predicted octanol–water partition coefficient (Wildman–Crippen LogP) is 1.94. The summed E-state index contributed by atoms with van der Waals surface area (Å²) in [5, 5.41) is 20.0. The standard InChI is InChI=1S/C15H16N2O3/c1-11(5-8-15(19)20)17-14(18)7-6-12-3-2-4-13(9-12)10-16/h2-4,6-7,9,11H,5,8H2,1H3,(H,17,18)(H,19,20). The number of nitrogens with one attached hydrogen (secondary N) is 1. The van der Waals surface area contributed by atoms with Crippen LogP contribution >= 0.6 is 0 Å². The normalized spacial score (nSPS) is 11.8. The van der Waals surface area contributed by atoms with Gasteiger partial charge in [-0.1, -0.05) is 12.1 Å². The third-order valence-corrected chi connectivity index (χ3v) is 2.62. The van der Waals surface area contributed by atoms with Gasteiger partial charge in [0, 0.05) is 18.5 Å². The quantitative estimate of drug-likeness (QED) is 0.774. The molecule has 0 aromatic heterocycles. The van der Waals surface area contributed by atoms with Gasteiger partial charge in [0.25, 0.3) is 0 Å². The number of carboxylic acids is 1. The second kappa shape index (κ2) is 7.74. The number of rotatable bonds is 6. The molecule has 104 valence electrons. The first-order valence-corrected chi connectivity index (χ1v) is 6.22. The Morgan fingerprint density at radius 1 is 1.50 bits per heavy atom. The molecule has 1 atom stereocenters. The van der Waals surface area contributed by atoms with Crippen molar-refractivity contribution in [2.45, 2.75) is 25.8 Å². The number of benzene rings is 1. The fraction of sp³-hybridized carbons (Fsp3) is 0.267. The SMILES string of the molecule is CC(CCC(=O)O)NC(=O)C=Cc1cccc(C#N)c1. The van der Waals surface area contributed by atoms with Crippen LogP contribution in [0.3, 0.4) is 0 Å². The van der Waals surface area contributed by atoms with Crippen LogP contribution in [0.5, 0.6) is 0 Å². The molecule has 1 aromatic carbocycles. The fourth-order valence-corrected chi connectivity index (χ4v) is 1.59. The molecule has 0 saturated carbocycles. The Labute approximate surface area is 117 Å². The van der Waals surface area contributed by atoms with Gasteiger partial charge in [0.15, 0.2) is 0 Å². The van der Waals surface area contributed by atoms with Crippen LogP contribution in [0.1, 0.15) is 30.9 Å². The summed E-state index contributed by atoms with van der Waals surface area (Å²) in [6.45, 7) is 1.75. The molecule has 0 heterocycles. The molecule has 5 nitrogen and oxygen atoms in total. The maximum absolute atomic E-state index is 11.6. The van der Waals surface area contributed by atoms with Crippen LogP contribution in [-0.2, 0) is 9.59 Å². The number of carbonyl (C=O) groups excluding carboxylic acids is 1. The molecule has 1 aromatic rings. The van der Waals surface area contributed by atoms with Gasteiger partial charge in [-0.3, -0.25) is 9.59 Å². The lowest BCUT2D eigenvalue weighted by Gasteiger charge is -2.10. The topological polar surface area (TPSA) is 90.2 Å². The molecular weight excluding hydrogens is 256 g/mol. The van der Waals surface area contributed by atoms with Crippen molar-refractivity contribution < 1.29 is 14.7 Å². The molecule has 0 radical (unpaired) electrons. The van der Waals surface area contributed by atoms with Crippen LogP contribution in [-0.4, -0.2) is 23.0 Å². The Hall–Kier alpha value is -2.61. The molecule has 0 fully saturated rings. The zero-order valence-electron chi connectivity index (χ0n) is 11.2. The van der Waals surface area contributed by atoms with Gasteiger partial charge >= 0.3 is 5.97 Å². The van der Waals surface area contributed by atoms with Crippen LogP contribution in [0.4, 0.5) is 0 Å². The Kier molecular flexibility index (Phi) is 5.98. The van der Waals surface area contributed by atoms with Crippen molar-refractivity contribution in [1.29, 1.82) is 5.26 Å². The molecule has 5 heteroatoms. The van der Waals surface area contributed by atoms with Gasteiger partial charge in [0.2, 0.25) is 5.91 Å². The third kappa shape index (κ3) is 5.83. The Balaban J connectivity index is 2.51. The molecule has 1 amide bonds. The number of nitriles is 1. The molecule has 0 saturated heterocycles. The third-order valence-electron chi connectivity index (χ3n) is 2.62. The molecule has 1 rings (SSSR count). The summed E-state index contributed by atoms with van der Waals surface area (Å²) in [5.74, 6) is -1.17. The summed E-state index contributed by atoms with van der Waals surface area (Å²) in [4.78, 5) is 22.0. The minimum atomic E-state index is -0.880. The molecule has 0 aliphatic carbocycles. The van der Waals surface area contributed by atoms with Crippen LogP contribution in [0.25, 0.3) is 6.08 Å². The number of aliphatic carboxylic acids is 1.